The minimum Gasteiger partial charge on any atom is -0.479 e. The molecule has 0 aromatic carbocycles. The lowest BCUT2D eigenvalue weighted by Gasteiger charge is -2.73. The summed E-state index contributed by atoms with van der Waals surface area (Å²) < 4.78 is 49.1. The minimum atomic E-state index is -2.12. The predicted molar refractivity (Wildman–Crippen MR) is 277 cm³/mol. The molecule has 9 unspecified atom stereocenters. The number of ether oxygens (including phenoxy) is 8. The number of allylic oxidation sites excluding steroid dienone is 2. The molecule has 23 nitrogen and oxygen atoms in total. The highest BCUT2D eigenvalue weighted by Crippen LogP contribution is 2.76. The molecule has 80 heavy (non-hydrogen) atoms. The fourth-order valence-corrected chi connectivity index (χ4v) is 16.3. The number of hydrogen-bond donors (Lipinski definition) is 12. The second kappa shape index (κ2) is 22.9. The summed E-state index contributed by atoms with van der Waals surface area (Å²) in [5, 5.41) is 134. The molecule has 3 aliphatic heterocycles. The molecular formula is C57H90O23. The van der Waals surface area contributed by atoms with Crippen LogP contribution in [0.2, 0.25) is 0 Å². The molecule has 0 radical (unpaired) electrons. The highest BCUT2D eigenvalue weighted by atomic mass is 16.8. The molecule has 0 aromatic heterocycles. The van der Waals surface area contributed by atoms with Gasteiger partial charge in [0.1, 0.15) is 67.1 Å². The Bertz CT molecular complexity index is 2330. The summed E-state index contributed by atoms with van der Waals surface area (Å²) in [5.74, 6) is -4.40. The summed E-state index contributed by atoms with van der Waals surface area (Å²) in [6, 6.07) is 0. The van der Waals surface area contributed by atoms with Crippen molar-refractivity contribution in [2.75, 3.05) is 19.8 Å². The molecular weight excluding hydrogens is 1050 g/mol. The lowest BCUT2D eigenvalue weighted by atomic mass is 9.32. The number of rotatable bonds is 15. The Morgan fingerprint density at radius 2 is 1.30 bits per heavy atom. The molecule has 0 amide bonds. The zero-order valence-electron chi connectivity index (χ0n) is 47.9. The zero-order chi connectivity index (χ0) is 59.3. The first-order chi connectivity index (χ1) is 37.3. The van der Waals surface area contributed by atoms with Gasteiger partial charge in [-0.1, -0.05) is 80.0 Å². The number of carboxylic acid groups (broad SMARTS) is 1. The van der Waals surface area contributed by atoms with E-state index in [1.54, 1.807) is 26.8 Å². The smallest absolute Gasteiger partial charge is 0.335 e. The van der Waals surface area contributed by atoms with Crippen LogP contribution in [0.15, 0.2) is 23.3 Å². The van der Waals surface area contributed by atoms with E-state index in [0.29, 0.717) is 50.5 Å². The van der Waals surface area contributed by atoms with Gasteiger partial charge in [0, 0.05) is 16.4 Å². The maximum atomic E-state index is 13.9. The van der Waals surface area contributed by atoms with E-state index in [1.165, 1.54) is 0 Å². The molecule has 8 aliphatic rings. The second-order valence-corrected chi connectivity index (χ2v) is 26.4. The van der Waals surface area contributed by atoms with Crippen molar-refractivity contribution >= 4 is 17.9 Å². The number of aliphatic hydroxyl groups is 11. The van der Waals surface area contributed by atoms with Gasteiger partial charge in [-0.3, -0.25) is 4.79 Å². The van der Waals surface area contributed by atoms with E-state index in [4.69, 9.17) is 37.9 Å². The van der Waals surface area contributed by atoms with Gasteiger partial charge in [-0.2, -0.15) is 0 Å². The predicted octanol–water partition coefficient (Wildman–Crippen LogP) is 0.343. The number of esters is 2. The maximum absolute atomic E-state index is 13.9. The van der Waals surface area contributed by atoms with Crippen molar-refractivity contribution in [1.29, 1.82) is 0 Å². The second-order valence-electron chi connectivity index (χ2n) is 26.4. The summed E-state index contributed by atoms with van der Waals surface area (Å²) in [5.41, 5.74) is -4.56. The summed E-state index contributed by atoms with van der Waals surface area (Å²) in [6.07, 6.45) is -24.9. The van der Waals surface area contributed by atoms with Gasteiger partial charge in [-0.15, -0.1) is 0 Å². The third-order valence-electron chi connectivity index (χ3n) is 21.6. The molecule has 3 heterocycles. The van der Waals surface area contributed by atoms with Crippen molar-refractivity contribution in [2.45, 2.75) is 238 Å². The molecule has 12 N–H and O–H groups in total. The van der Waals surface area contributed by atoms with E-state index >= 15 is 0 Å². The maximum Gasteiger partial charge on any atom is 0.335 e. The van der Waals surface area contributed by atoms with Gasteiger partial charge in [0.05, 0.1) is 49.5 Å². The molecule has 5 aliphatic carbocycles. The third-order valence-corrected chi connectivity index (χ3v) is 21.6. The summed E-state index contributed by atoms with van der Waals surface area (Å²) in [4.78, 5) is 40.4. The first-order valence-corrected chi connectivity index (χ1v) is 28.5. The Hall–Kier alpha value is -2.79. The number of hydrogen-bond acceptors (Lipinski definition) is 22. The van der Waals surface area contributed by atoms with Gasteiger partial charge in [0.15, 0.2) is 31.1 Å². The van der Waals surface area contributed by atoms with Gasteiger partial charge in [-0.25, -0.2) is 9.59 Å². The molecule has 0 bridgehead atoms. The van der Waals surface area contributed by atoms with E-state index in [1.807, 2.05) is 41.5 Å². The third kappa shape index (κ3) is 9.84. The van der Waals surface area contributed by atoms with E-state index in [9.17, 15) is 75.7 Å². The van der Waals surface area contributed by atoms with E-state index in [0.717, 1.165) is 5.57 Å². The molecule has 27 atom stereocenters. The topological polar surface area (TPSA) is 368 Å². The molecule has 8 rings (SSSR count). The van der Waals surface area contributed by atoms with Gasteiger partial charge in [0.25, 0.3) is 0 Å². The van der Waals surface area contributed by atoms with Crippen molar-refractivity contribution < 1.29 is 114 Å². The fraction of sp³-hybridized carbons (Fsp3) is 0.877. The quantitative estimate of drug-likeness (QED) is 0.0455. The number of carboxylic acids is 1. The van der Waals surface area contributed by atoms with Gasteiger partial charge in [0.2, 0.25) is 0 Å². The first kappa shape index (κ1) is 63.2. The number of fused-ring (bicyclic) bond motifs is 7. The van der Waals surface area contributed by atoms with Crippen LogP contribution in [0.5, 0.6) is 0 Å². The van der Waals surface area contributed by atoms with Crippen molar-refractivity contribution in [3.8, 4) is 0 Å². The normalized spacial score (nSPS) is 49.2. The molecule has 3 saturated heterocycles. The largest absolute Gasteiger partial charge is 0.479 e. The van der Waals surface area contributed by atoms with Crippen LogP contribution in [0.4, 0.5) is 0 Å². The number of carbonyl (C=O) groups is 3. The van der Waals surface area contributed by atoms with E-state index in [-0.39, 0.29) is 11.8 Å². The summed E-state index contributed by atoms with van der Waals surface area (Å²) in [7, 11) is 0. The Balaban J connectivity index is 1.14. The van der Waals surface area contributed by atoms with Crippen molar-refractivity contribution in [3.63, 3.8) is 0 Å². The molecule has 4 saturated carbocycles. The fourth-order valence-electron chi connectivity index (χ4n) is 16.3. The highest BCUT2D eigenvalue weighted by Gasteiger charge is 2.76. The Kier molecular flexibility index (Phi) is 18.1. The van der Waals surface area contributed by atoms with E-state index in [2.05, 4.69) is 19.9 Å². The molecule has 456 valence electrons. The van der Waals surface area contributed by atoms with Crippen molar-refractivity contribution in [3.05, 3.63) is 23.3 Å². The molecule has 0 aromatic rings. The lowest BCUT2D eigenvalue weighted by molar-refractivity contribution is -0.386. The Morgan fingerprint density at radius 1 is 0.713 bits per heavy atom. The van der Waals surface area contributed by atoms with Crippen LogP contribution in [0.3, 0.4) is 0 Å². The van der Waals surface area contributed by atoms with Gasteiger partial charge in [-0.05, 0) is 92.8 Å². The van der Waals surface area contributed by atoms with Crippen LogP contribution in [0, 0.1) is 56.2 Å². The van der Waals surface area contributed by atoms with Crippen LogP contribution >= 0.6 is 0 Å². The molecule has 23 heteroatoms. The molecule has 0 spiro atoms. The van der Waals surface area contributed by atoms with Crippen molar-refractivity contribution in [2.24, 2.45) is 56.2 Å². The number of aliphatic carboxylic acids is 1. The van der Waals surface area contributed by atoms with Gasteiger partial charge < -0.3 is 99.2 Å². The standard InChI is InChI=1S/C57H90O23/c1-12-24(3)47(71)79-44-45(80-48(72)25(4)13-2)57(23-60)27(20-52(44,5)6)26-14-15-31-54(9)18-17-32(53(7,8)30(54)16-19-55(31,10)56(26,11)42(67)43(57)68)75-51-41(78-50-37(65)35(63)33(61)28(21-58)73-50)39(38(66)40(77-51)46(69)70)76-49-36(64)34(62)29(22-59)74-49/h12,14,25,27-45,49-51,58-68H,13,15-23H2,1-11H3,(H,69,70)/b24-12-/t25?,27?,28?,29-,30?,31?,32-,33-,34?,35+,36-,37?,38-,39+,40?,41?,42-,43+,44-,45-,49-,50-,51+,54-,55+,56-,57-/m0/s1. The van der Waals surface area contributed by atoms with Crippen LogP contribution in [0.1, 0.15) is 121 Å². The SMILES string of the molecule is C/C=C(/C)C(=O)O[C@H]1[C@H](OC(=O)C(C)CC)[C@@]2(CO)C(CC1(C)C)C1=CCC3[C@@]4(C)CC[C@H](O[C@@H]5OC(C(=O)O)[C@@H](O)[C@@H](O[C@@H]6O[C@@H](CO)C(O)[C@@H]6O)C5O[C@@H]5OC(CO)[C@H](O)[C@@H](O)C5O)C(C)(C)C4CC[C@@]3(C)[C@]1(C)[C@@H](O)[C@H]2O. The van der Waals surface area contributed by atoms with Crippen LogP contribution in [-0.4, -0.2) is 216 Å². The zero-order valence-corrected chi connectivity index (χ0v) is 47.9. The summed E-state index contributed by atoms with van der Waals surface area (Å²) in [6.45, 7) is 18.8. The summed E-state index contributed by atoms with van der Waals surface area (Å²) >= 11 is 0. The Morgan fingerprint density at radius 3 is 1.86 bits per heavy atom. The van der Waals surface area contributed by atoms with Crippen LogP contribution in [0.25, 0.3) is 0 Å². The average Bonchev–Trinajstić information content (AvgIpc) is 3.72. The highest BCUT2D eigenvalue weighted by molar-refractivity contribution is 5.87. The number of aliphatic hydroxyl groups excluding tert-OH is 11. The monoisotopic (exact) mass is 1140 g/mol. The van der Waals surface area contributed by atoms with Crippen LogP contribution < -0.4 is 0 Å². The Labute approximate surface area is 467 Å². The molecule has 7 fully saturated rings. The van der Waals surface area contributed by atoms with Gasteiger partial charge >= 0.3 is 17.9 Å². The minimum absolute atomic E-state index is 0.146. The average molecular weight is 1140 g/mol. The van der Waals surface area contributed by atoms with E-state index < -0.39 is 199 Å². The van der Waals surface area contributed by atoms with Crippen LogP contribution in [-0.2, 0) is 52.3 Å². The first-order valence-electron chi connectivity index (χ1n) is 28.5. The lowest BCUT2D eigenvalue weighted by Crippen LogP contribution is -2.76. The van der Waals surface area contributed by atoms with Crippen molar-refractivity contribution in [1.82, 2.24) is 0 Å². The number of carbonyl (C=O) groups excluding carboxylic acids is 2.